The molecule has 0 radical (unpaired) electrons. The number of ether oxygens (including phenoxy) is 1. The van der Waals surface area contributed by atoms with E-state index in [0.717, 1.165) is 10.4 Å². The minimum Gasteiger partial charge on any atom is -0.412 e. The molecule has 5 rings (SSSR count). The van der Waals surface area contributed by atoms with Crippen molar-refractivity contribution in [3.05, 3.63) is 68.8 Å². The number of nitrogens with zero attached hydrogens (tertiary/aromatic N) is 4. The Morgan fingerprint density at radius 1 is 1.22 bits per heavy atom. The number of amides is 1. The highest BCUT2D eigenvalue weighted by molar-refractivity contribution is 6.39. The summed E-state index contributed by atoms with van der Waals surface area (Å²) in [5.41, 5.74) is 1.91. The van der Waals surface area contributed by atoms with Gasteiger partial charge in [-0.2, -0.15) is 4.98 Å². The molecule has 0 atom stereocenters. The Labute approximate surface area is 215 Å². The molecule has 1 aliphatic heterocycles. The van der Waals surface area contributed by atoms with Crippen molar-refractivity contribution in [2.24, 2.45) is 0 Å². The van der Waals surface area contributed by atoms with Crippen molar-refractivity contribution in [3.63, 3.8) is 0 Å². The highest BCUT2D eigenvalue weighted by atomic mass is 35.5. The second-order valence-electron chi connectivity index (χ2n) is 8.12. The number of benzene rings is 1. The van der Waals surface area contributed by atoms with Gasteiger partial charge in [-0.05, 0) is 24.3 Å². The summed E-state index contributed by atoms with van der Waals surface area (Å²) in [4.78, 5) is 44.8. The van der Waals surface area contributed by atoms with Crippen molar-refractivity contribution >= 4 is 51.8 Å². The Balaban J connectivity index is 1.41. The third kappa shape index (κ3) is 4.75. The lowest BCUT2D eigenvalue weighted by Gasteiger charge is -2.26. The second-order valence-corrected chi connectivity index (χ2v) is 8.93. The number of carbonyl (C=O) groups is 1. The van der Waals surface area contributed by atoms with Crippen LogP contribution in [-0.2, 0) is 16.0 Å². The van der Waals surface area contributed by atoms with Crippen molar-refractivity contribution < 1.29 is 14.4 Å². The summed E-state index contributed by atoms with van der Waals surface area (Å²) in [7, 11) is 1.37. The van der Waals surface area contributed by atoms with Crippen molar-refractivity contribution in [3.8, 4) is 11.1 Å². The van der Waals surface area contributed by atoms with Crippen LogP contribution in [0.3, 0.4) is 0 Å². The largest absolute Gasteiger partial charge is 0.412 e. The number of aromatic nitrogens is 4. The highest BCUT2D eigenvalue weighted by Gasteiger charge is 2.19. The Morgan fingerprint density at radius 3 is 2.69 bits per heavy atom. The first kappa shape index (κ1) is 24.1. The molecular formula is C24H22Cl2N6O4. The van der Waals surface area contributed by atoms with Gasteiger partial charge >= 0.3 is 0 Å². The molecule has 186 valence electrons. The summed E-state index contributed by atoms with van der Waals surface area (Å²) in [5, 5.41) is 4.33. The van der Waals surface area contributed by atoms with E-state index in [4.69, 9.17) is 32.8 Å². The summed E-state index contributed by atoms with van der Waals surface area (Å²) in [6.45, 7) is 2.31. The van der Waals surface area contributed by atoms with E-state index < -0.39 is 5.56 Å². The number of hydrogen-bond donors (Lipinski definition) is 2. The van der Waals surface area contributed by atoms with E-state index in [1.807, 2.05) is 6.07 Å². The first-order valence-electron chi connectivity index (χ1n) is 11.2. The first-order valence-corrected chi connectivity index (χ1v) is 11.9. The van der Waals surface area contributed by atoms with Gasteiger partial charge in [0, 0.05) is 42.1 Å². The molecule has 1 amide bonds. The highest BCUT2D eigenvalue weighted by Crippen LogP contribution is 2.33. The number of nitrogens with one attached hydrogen (secondary N) is 2. The Bertz CT molecular complexity index is 1480. The van der Waals surface area contributed by atoms with Gasteiger partial charge in [-0.1, -0.05) is 29.3 Å². The maximum atomic E-state index is 13.2. The van der Waals surface area contributed by atoms with Crippen LogP contribution in [0.1, 0.15) is 5.69 Å². The van der Waals surface area contributed by atoms with Crippen LogP contribution < -0.4 is 15.7 Å². The number of carbonyl (C=O) groups excluding carboxylic acids is 1. The van der Waals surface area contributed by atoms with E-state index in [1.165, 1.54) is 7.11 Å². The van der Waals surface area contributed by atoms with Crippen LogP contribution in [-0.4, -0.2) is 63.9 Å². The monoisotopic (exact) mass is 528 g/mol. The third-order valence-corrected chi connectivity index (χ3v) is 6.45. The van der Waals surface area contributed by atoms with E-state index in [2.05, 4.69) is 20.3 Å². The molecule has 1 fully saturated rings. The van der Waals surface area contributed by atoms with Crippen molar-refractivity contribution in [2.45, 2.75) is 6.42 Å². The molecule has 0 saturated carbocycles. The summed E-state index contributed by atoms with van der Waals surface area (Å²) in [5.74, 6) is 0.286. The number of pyridine rings is 1. The van der Waals surface area contributed by atoms with Gasteiger partial charge in [0.05, 0.1) is 40.9 Å². The van der Waals surface area contributed by atoms with Crippen LogP contribution >= 0.6 is 23.2 Å². The molecule has 4 heterocycles. The molecule has 1 saturated heterocycles. The number of rotatable bonds is 6. The molecule has 10 nitrogen and oxygen atoms in total. The minimum absolute atomic E-state index is 0.0344. The van der Waals surface area contributed by atoms with Gasteiger partial charge in [0.1, 0.15) is 7.11 Å². The predicted molar refractivity (Wildman–Crippen MR) is 137 cm³/mol. The van der Waals surface area contributed by atoms with Crippen molar-refractivity contribution in [1.29, 1.82) is 0 Å². The summed E-state index contributed by atoms with van der Waals surface area (Å²) < 4.78 is 6.37. The van der Waals surface area contributed by atoms with Gasteiger partial charge in [0.25, 0.3) is 5.56 Å². The molecule has 12 heteroatoms. The number of aromatic amines is 1. The molecule has 1 aliphatic rings. The molecule has 0 bridgehead atoms. The van der Waals surface area contributed by atoms with E-state index in [9.17, 15) is 9.59 Å². The van der Waals surface area contributed by atoms with Crippen LogP contribution in [0.2, 0.25) is 10.0 Å². The zero-order valence-electron chi connectivity index (χ0n) is 19.3. The smallest absolute Gasteiger partial charge is 0.293 e. The summed E-state index contributed by atoms with van der Waals surface area (Å²) in [6, 6.07) is 8.48. The topological polar surface area (TPSA) is 114 Å². The summed E-state index contributed by atoms with van der Waals surface area (Å²) >= 11 is 12.7. The fraction of sp³-hybridized carbons (Fsp3) is 0.250. The van der Waals surface area contributed by atoms with E-state index in [0.29, 0.717) is 53.0 Å². The molecule has 4 aromatic rings. The van der Waals surface area contributed by atoms with Crippen molar-refractivity contribution in [1.82, 2.24) is 24.6 Å². The maximum Gasteiger partial charge on any atom is 0.293 e. The molecular weight excluding hydrogens is 507 g/mol. The van der Waals surface area contributed by atoms with Crippen LogP contribution in [0.15, 0.2) is 47.5 Å². The van der Waals surface area contributed by atoms with Gasteiger partial charge in [-0.25, -0.2) is 4.98 Å². The fourth-order valence-electron chi connectivity index (χ4n) is 4.07. The molecule has 2 N–H and O–H groups in total. The Morgan fingerprint density at radius 2 is 1.97 bits per heavy atom. The van der Waals surface area contributed by atoms with Gasteiger partial charge in [0.2, 0.25) is 11.9 Å². The SMILES string of the molecule is COn1c(=O)c(-c2c(Cl)cccc2Cl)cc2cnc(Nc3c[nH]c(CC(=O)N4CCOCC4)c3)nc21. The van der Waals surface area contributed by atoms with Crippen LogP contribution in [0, 0.1) is 0 Å². The third-order valence-electron chi connectivity index (χ3n) is 5.82. The number of hydrogen-bond acceptors (Lipinski definition) is 7. The average Bonchev–Trinajstić information content (AvgIpc) is 3.31. The molecule has 0 spiro atoms. The van der Waals surface area contributed by atoms with E-state index >= 15 is 0 Å². The summed E-state index contributed by atoms with van der Waals surface area (Å²) in [6.07, 6.45) is 3.54. The van der Waals surface area contributed by atoms with Crippen molar-refractivity contribution in [2.75, 3.05) is 38.7 Å². The first-order chi connectivity index (χ1) is 17.4. The minimum atomic E-state index is -0.463. The van der Waals surface area contributed by atoms with Gasteiger partial charge in [-0.3, -0.25) is 9.59 Å². The number of halogens is 2. The fourth-order valence-corrected chi connectivity index (χ4v) is 4.67. The zero-order chi connectivity index (χ0) is 25.2. The second kappa shape index (κ2) is 10.2. The van der Waals surface area contributed by atoms with Gasteiger partial charge < -0.3 is 24.8 Å². The maximum absolute atomic E-state index is 13.2. The zero-order valence-corrected chi connectivity index (χ0v) is 20.8. The predicted octanol–water partition coefficient (Wildman–Crippen LogP) is 3.30. The van der Waals surface area contributed by atoms with Gasteiger partial charge in [0.15, 0.2) is 5.65 Å². The standard InChI is InChI=1S/C24H22Cl2N6O4/c1-35-32-22-14(9-17(23(32)34)21-18(25)3-2-4-19(21)26)12-28-24(30-22)29-16-10-15(27-13-16)11-20(33)31-5-7-36-8-6-31/h2-4,9-10,12-13,27H,5-8,11H2,1H3,(H,28,29,30). The molecule has 0 aliphatic carbocycles. The van der Waals surface area contributed by atoms with Gasteiger partial charge in [-0.15, -0.1) is 4.73 Å². The lowest BCUT2D eigenvalue weighted by Crippen LogP contribution is -2.41. The Hall–Kier alpha value is -3.60. The Kier molecular flexibility index (Phi) is 6.82. The van der Waals surface area contributed by atoms with Crippen LogP contribution in [0.4, 0.5) is 11.6 Å². The quantitative estimate of drug-likeness (QED) is 0.394. The number of morpholine rings is 1. The lowest BCUT2D eigenvalue weighted by molar-refractivity contribution is -0.134. The van der Waals surface area contributed by atoms with E-state index in [-0.39, 0.29) is 29.5 Å². The number of H-pyrrole nitrogens is 1. The van der Waals surface area contributed by atoms with Crippen LogP contribution in [0.5, 0.6) is 0 Å². The normalized spacial score (nSPS) is 13.7. The molecule has 3 aromatic heterocycles. The van der Waals surface area contributed by atoms with Crippen LogP contribution in [0.25, 0.3) is 22.2 Å². The number of fused-ring (bicyclic) bond motifs is 1. The lowest BCUT2D eigenvalue weighted by atomic mass is 10.1. The number of anilines is 2. The van der Waals surface area contributed by atoms with E-state index in [1.54, 1.807) is 41.6 Å². The molecule has 1 aromatic carbocycles. The average molecular weight is 529 g/mol. The molecule has 0 unspecified atom stereocenters. The molecule has 36 heavy (non-hydrogen) atoms.